The number of pyridine rings is 1. The Bertz CT molecular complexity index is 3480. The van der Waals surface area contributed by atoms with Crippen LogP contribution in [0.3, 0.4) is 0 Å². The van der Waals surface area contributed by atoms with E-state index in [0.29, 0.717) is 0 Å². The average Bonchev–Trinajstić information content (AvgIpc) is 3.73. The van der Waals surface area contributed by atoms with Gasteiger partial charge in [0.25, 0.3) is 5.56 Å². The molecule has 12 aromatic rings. The third-order valence-electron chi connectivity index (χ3n) is 11.4. The van der Waals surface area contributed by atoms with Gasteiger partial charge in [0.2, 0.25) is 0 Å². The number of para-hydroxylation sites is 3. The highest BCUT2D eigenvalue weighted by Crippen LogP contribution is 2.42. The lowest BCUT2D eigenvalue weighted by atomic mass is 9.91. The minimum atomic E-state index is 0.0346. The van der Waals surface area contributed by atoms with Gasteiger partial charge in [-0.15, -0.1) is 0 Å². The van der Waals surface area contributed by atoms with Gasteiger partial charge >= 0.3 is 0 Å². The fraction of sp³-hybridized carbons (Fsp3) is 0. The standard InChI is InChI=1S/C49H28N2O/c52-49-40-17-4-3-13-34(40)43-26-30(27-44-39-16-7-10-20-47(39)51(49)48(43)44)29-21-23-35-36-24-22-31(28-42(36)33-12-2-1-11-32(33)41(35)25-29)50-45-18-8-5-14-37(45)38-15-6-9-19-46(38)50/h1-28H. The molecule has 0 fully saturated rings. The zero-order valence-electron chi connectivity index (χ0n) is 28.0. The molecule has 0 saturated carbocycles. The molecule has 0 aliphatic rings. The molecule has 0 bridgehead atoms. The van der Waals surface area contributed by atoms with E-state index in [9.17, 15) is 4.79 Å². The van der Waals surface area contributed by atoms with Crippen molar-refractivity contribution in [2.75, 3.05) is 0 Å². The van der Waals surface area contributed by atoms with Gasteiger partial charge in [-0.2, -0.15) is 0 Å². The Balaban J connectivity index is 1.13. The van der Waals surface area contributed by atoms with Gasteiger partial charge in [0, 0.05) is 38.0 Å². The van der Waals surface area contributed by atoms with Crippen molar-refractivity contribution in [1.82, 2.24) is 8.97 Å². The van der Waals surface area contributed by atoms with Crippen LogP contribution in [0.25, 0.3) is 109 Å². The van der Waals surface area contributed by atoms with Crippen LogP contribution in [0.2, 0.25) is 0 Å². The molecule has 3 heterocycles. The topological polar surface area (TPSA) is 26.4 Å². The van der Waals surface area contributed by atoms with Crippen molar-refractivity contribution in [2.45, 2.75) is 0 Å². The van der Waals surface area contributed by atoms with Crippen LogP contribution in [0.15, 0.2) is 175 Å². The van der Waals surface area contributed by atoms with E-state index in [2.05, 4.69) is 150 Å². The Morgan fingerprint density at radius 3 is 1.37 bits per heavy atom. The van der Waals surface area contributed by atoms with Gasteiger partial charge in [-0.05, 0) is 103 Å². The molecule has 3 aromatic heterocycles. The van der Waals surface area contributed by atoms with Crippen molar-refractivity contribution in [3.8, 4) is 16.8 Å². The molecule has 0 amide bonds. The summed E-state index contributed by atoms with van der Waals surface area (Å²) >= 11 is 0. The molecule has 3 heteroatoms. The maximum atomic E-state index is 13.9. The van der Waals surface area contributed by atoms with Crippen molar-refractivity contribution in [1.29, 1.82) is 0 Å². The first kappa shape index (κ1) is 27.8. The monoisotopic (exact) mass is 660 g/mol. The van der Waals surface area contributed by atoms with Gasteiger partial charge in [-0.3, -0.25) is 9.20 Å². The Labute approximate surface area is 297 Å². The van der Waals surface area contributed by atoms with E-state index in [1.807, 2.05) is 28.7 Å². The van der Waals surface area contributed by atoms with Gasteiger partial charge in [0.05, 0.1) is 22.1 Å². The molecule has 0 unspecified atom stereocenters. The molecule has 9 aromatic carbocycles. The second-order valence-corrected chi connectivity index (χ2v) is 14.0. The number of hydrogen-bond donors (Lipinski definition) is 0. The molecular formula is C49H28N2O. The smallest absolute Gasteiger partial charge is 0.263 e. The van der Waals surface area contributed by atoms with Gasteiger partial charge in [-0.25, -0.2) is 0 Å². The van der Waals surface area contributed by atoms with E-state index in [1.54, 1.807) is 0 Å². The normalized spacial score (nSPS) is 12.3. The van der Waals surface area contributed by atoms with Crippen LogP contribution in [-0.2, 0) is 0 Å². The van der Waals surface area contributed by atoms with E-state index >= 15 is 0 Å². The third-order valence-corrected chi connectivity index (χ3v) is 11.4. The lowest BCUT2D eigenvalue weighted by molar-refractivity contribution is 1.19. The molecular weight excluding hydrogens is 633 g/mol. The average molecular weight is 661 g/mol. The number of rotatable bonds is 2. The molecule has 0 saturated heterocycles. The maximum absolute atomic E-state index is 13.9. The first-order valence-corrected chi connectivity index (χ1v) is 17.8. The number of hydrogen-bond acceptors (Lipinski definition) is 1. The predicted molar refractivity (Wildman–Crippen MR) is 220 cm³/mol. The van der Waals surface area contributed by atoms with Gasteiger partial charge in [0.1, 0.15) is 0 Å². The fourth-order valence-corrected chi connectivity index (χ4v) is 9.17. The van der Waals surface area contributed by atoms with Gasteiger partial charge in [-0.1, -0.05) is 115 Å². The van der Waals surface area contributed by atoms with Crippen molar-refractivity contribution in [2.24, 2.45) is 0 Å². The van der Waals surface area contributed by atoms with E-state index in [4.69, 9.17) is 0 Å². The fourth-order valence-electron chi connectivity index (χ4n) is 9.17. The highest BCUT2D eigenvalue weighted by atomic mass is 16.1. The lowest BCUT2D eigenvalue weighted by Crippen LogP contribution is -2.12. The Morgan fingerprint density at radius 1 is 0.308 bits per heavy atom. The van der Waals surface area contributed by atoms with E-state index in [0.717, 1.165) is 54.8 Å². The lowest BCUT2D eigenvalue weighted by Gasteiger charge is -2.15. The molecule has 0 radical (unpaired) electrons. The highest BCUT2D eigenvalue weighted by Gasteiger charge is 2.19. The highest BCUT2D eigenvalue weighted by molar-refractivity contribution is 6.27. The summed E-state index contributed by atoms with van der Waals surface area (Å²) in [6, 6.07) is 61.0. The van der Waals surface area contributed by atoms with Crippen molar-refractivity contribution >= 4 is 92.1 Å². The van der Waals surface area contributed by atoms with Crippen LogP contribution in [0.1, 0.15) is 0 Å². The number of aromatic nitrogens is 2. The molecule has 12 rings (SSSR count). The van der Waals surface area contributed by atoms with Crippen molar-refractivity contribution < 1.29 is 0 Å². The summed E-state index contributed by atoms with van der Waals surface area (Å²) in [6.45, 7) is 0. The zero-order valence-corrected chi connectivity index (χ0v) is 28.0. The van der Waals surface area contributed by atoms with Gasteiger partial charge < -0.3 is 4.57 Å². The van der Waals surface area contributed by atoms with Crippen LogP contribution in [0, 0.1) is 0 Å². The van der Waals surface area contributed by atoms with E-state index in [-0.39, 0.29) is 5.56 Å². The van der Waals surface area contributed by atoms with Crippen LogP contribution in [-0.4, -0.2) is 8.97 Å². The summed E-state index contributed by atoms with van der Waals surface area (Å²) in [5.41, 5.74) is 7.86. The molecule has 0 atom stereocenters. The number of fused-ring (bicyclic) bond motifs is 14. The van der Waals surface area contributed by atoms with Crippen molar-refractivity contribution in [3.05, 3.63) is 180 Å². The summed E-state index contributed by atoms with van der Waals surface area (Å²) in [5.74, 6) is 0. The molecule has 3 nitrogen and oxygen atoms in total. The summed E-state index contributed by atoms with van der Waals surface area (Å²) in [4.78, 5) is 13.9. The number of nitrogens with zero attached hydrogens (tertiary/aromatic N) is 2. The van der Waals surface area contributed by atoms with E-state index < -0.39 is 0 Å². The summed E-state index contributed by atoms with van der Waals surface area (Å²) < 4.78 is 4.32. The molecule has 0 N–H and O–H groups in total. The maximum Gasteiger partial charge on any atom is 0.263 e. The zero-order chi connectivity index (χ0) is 34.1. The first-order chi connectivity index (χ1) is 25.7. The Morgan fingerprint density at radius 2 is 0.731 bits per heavy atom. The second-order valence-electron chi connectivity index (χ2n) is 14.0. The largest absolute Gasteiger partial charge is 0.309 e. The SMILES string of the molecule is O=c1c2ccccc2c2cc(-c3ccc4c5ccc(-n6c7ccccc7c7ccccc76)cc5c5ccccc5c4c3)cc3c4ccccc4n1c23. The first-order valence-electron chi connectivity index (χ1n) is 17.8. The van der Waals surface area contributed by atoms with Gasteiger partial charge in [0.15, 0.2) is 0 Å². The van der Waals surface area contributed by atoms with Crippen LogP contribution < -0.4 is 5.56 Å². The molecule has 0 aliphatic carbocycles. The molecule has 0 aliphatic heterocycles. The van der Waals surface area contributed by atoms with E-state index in [1.165, 1.54) is 54.1 Å². The van der Waals surface area contributed by atoms with Crippen LogP contribution >= 0.6 is 0 Å². The molecule has 0 spiro atoms. The summed E-state index contributed by atoms with van der Waals surface area (Å²) in [5, 5.41) is 15.0. The minimum Gasteiger partial charge on any atom is -0.309 e. The second kappa shape index (κ2) is 10.1. The number of benzene rings is 9. The quantitative estimate of drug-likeness (QED) is 0.170. The summed E-state index contributed by atoms with van der Waals surface area (Å²) in [6.07, 6.45) is 0. The van der Waals surface area contributed by atoms with Crippen molar-refractivity contribution in [3.63, 3.8) is 0 Å². The predicted octanol–water partition coefficient (Wildman–Crippen LogP) is 12.4. The molecule has 240 valence electrons. The van der Waals surface area contributed by atoms with Crippen LogP contribution in [0.5, 0.6) is 0 Å². The Kier molecular flexibility index (Phi) is 5.38. The Hall–Kier alpha value is -6.97. The van der Waals surface area contributed by atoms with Crippen LogP contribution in [0.4, 0.5) is 0 Å². The molecule has 52 heavy (non-hydrogen) atoms. The summed E-state index contributed by atoms with van der Waals surface area (Å²) in [7, 11) is 0. The minimum absolute atomic E-state index is 0.0346. The third kappa shape index (κ3) is 3.56.